The molecule has 2 N–H and O–H groups in total. The Morgan fingerprint density at radius 1 is 1.38 bits per heavy atom. The molecule has 1 amide bonds. The molecule has 0 spiro atoms. The zero-order chi connectivity index (χ0) is 16.9. The van der Waals surface area contributed by atoms with Crippen LogP contribution in [0.1, 0.15) is 16.3 Å². The maximum atomic E-state index is 12.9. The molecular weight excluding hydrogens is 333 g/mol. The van der Waals surface area contributed by atoms with Gasteiger partial charge < -0.3 is 9.84 Å². The molecule has 7 nitrogen and oxygen atoms in total. The molecule has 0 aliphatic heterocycles. The molecule has 3 aromatic rings. The van der Waals surface area contributed by atoms with E-state index in [0.717, 1.165) is 5.82 Å². The molecule has 124 valence electrons. The molecule has 0 saturated heterocycles. The SMILES string of the molecule is Cc1nc(SCCNC(=O)c2cc(-c3ccc(F)cc3)on2)n[nH]1. The maximum Gasteiger partial charge on any atom is 0.273 e. The second-order valence-electron chi connectivity index (χ2n) is 4.89. The van der Waals surface area contributed by atoms with Crippen LogP contribution in [0.3, 0.4) is 0 Å². The first-order valence-corrected chi connectivity index (χ1v) is 8.13. The summed E-state index contributed by atoms with van der Waals surface area (Å²) in [6.07, 6.45) is 0. The zero-order valence-corrected chi connectivity index (χ0v) is 13.6. The summed E-state index contributed by atoms with van der Waals surface area (Å²) in [5.41, 5.74) is 0.826. The van der Waals surface area contributed by atoms with Crippen molar-refractivity contribution < 1.29 is 13.7 Å². The number of amides is 1. The second-order valence-corrected chi connectivity index (χ2v) is 5.95. The number of nitrogens with zero attached hydrogens (tertiary/aromatic N) is 3. The van der Waals surface area contributed by atoms with E-state index < -0.39 is 0 Å². The molecule has 24 heavy (non-hydrogen) atoms. The van der Waals surface area contributed by atoms with Crippen molar-refractivity contribution in [2.45, 2.75) is 12.1 Å². The Labute approximate surface area is 141 Å². The van der Waals surface area contributed by atoms with E-state index in [4.69, 9.17) is 4.52 Å². The molecule has 0 fully saturated rings. The smallest absolute Gasteiger partial charge is 0.273 e. The van der Waals surface area contributed by atoms with Gasteiger partial charge in [-0.25, -0.2) is 9.37 Å². The van der Waals surface area contributed by atoms with Gasteiger partial charge in [0.05, 0.1) is 0 Å². The van der Waals surface area contributed by atoms with E-state index in [1.54, 1.807) is 12.1 Å². The minimum absolute atomic E-state index is 0.174. The van der Waals surface area contributed by atoms with Crippen LogP contribution in [0.25, 0.3) is 11.3 Å². The fraction of sp³-hybridized carbons (Fsp3) is 0.200. The predicted octanol–water partition coefficient (Wildman–Crippen LogP) is 2.43. The summed E-state index contributed by atoms with van der Waals surface area (Å²) in [6.45, 7) is 2.26. The van der Waals surface area contributed by atoms with E-state index in [0.29, 0.717) is 28.8 Å². The zero-order valence-electron chi connectivity index (χ0n) is 12.7. The van der Waals surface area contributed by atoms with Crippen molar-refractivity contribution in [3.63, 3.8) is 0 Å². The number of benzene rings is 1. The maximum absolute atomic E-state index is 12.9. The van der Waals surface area contributed by atoms with Crippen LogP contribution < -0.4 is 5.32 Å². The van der Waals surface area contributed by atoms with E-state index in [1.807, 2.05) is 6.92 Å². The van der Waals surface area contributed by atoms with E-state index >= 15 is 0 Å². The van der Waals surface area contributed by atoms with Crippen LogP contribution >= 0.6 is 11.8 Å². The number of thioether (sulfide) groups is 1. The average Bonchev–Trinajstić information content (AvgIpc) is 3.21. The lowest BCUT2D eigenvalue weighted by Crippen LogP contribution is -2.25. The first-order chi connectivity index (χ1) is 11.6. The third-order valence-electron chi connectivity index (χ3n) is 3.07. The standard InChI is InChI=1S/C15H14FN5O2S/c1-9-18-15(20-19-9)24-7-6-17-14(22)12-8-13(23-21-12)10-2-4-11(16)5-3-10/h2-5,8H,6-7H2,1H3,(H,17,22)(H,18,19,20). The second kappa shape index (κ2) is 7.26. The topological polar surface area (TPSA) is 96.7 Å². The molecule has 0 unspecified atom stereocenters. The van der Waals surface area contributed by atoms with Crippen LogP contribution in [0.2, 0.25) is 0 Å². The number of aryl methyl sites for hydroxylation is 1. The first-order valence-electron chi connectivity index (χ1n) is 7.14. The summed E-state index contributed by atoms with van der Waals surface area (Å²) >= 11 is 1.43. The number of aromatic nitrogens is 4. The van der Waals surface area contributed by atoms with E-state index in [9.17, 15) is 9.18 Å². The quantitative estimate of drug-likeness (QED) is 0.525. The van der Waals surface area contributed by atoms with Crippen molar-refractivity contribution in [1.29, 1.82) is 0 Å². The summed E-state index contributed by atoms with van der Waals surface area (Å²) in [7, 11) is 0. The average molecular weight is 347 g/mol. The third kappa shape index (κ3) is 3.99. The number of rotatable bonds is 6. The highest BCUT2D eigenvalue weighted by molar-refractivity contribution is 7.99. The normalized spacial score (nSPS) is 10.8. The van der Waals surface area contributed by atoms with Gasteiger partial charge in [0.1, 0.15) is 11.6 Å². The molecular formula is C15H14FN5O2S. The molecule has 0 bridgehead atoms. The van der Waals surface area contributed by atoms with Gasteiger partial charge in [-0.3, -0.25) is 9.89 Å². The molecule has 1 aromatic carbocycles. The highest BCUT2D eigenvalue weighted by Crippen LogP contribution is 2.20. The van der Waals surface area contributed by atoms with Gasteiger partial charge in [-0.05, 0) is 31.2 Å². The van der Waals surface area contributed by atoms with Crippen molar-refractivity contribution in [1.82, 2.24) is 25.7 Å². The minimum Gasteiger partial charge on any atom is -0.355 e. The Hall–Kier alpha value is -2.68. The van der Waals surface area contributed by atoms with Gasteiger partial charge in [0.15, 0.2) is 11.5 Å². The van der Waals surface area contributed by atoms with Crippen molar-refractivity contribution in [3.8, 4) is 11.3 Å². The van der Waals surface area contributed by atoms with Crippen LogP contribution in [-0.2, 0) is 0 Å². The Morgan fingerprint density at radius 3 is 2.88 bits per heavy atom. The van der Waals surface area contributed by atoms with Crippen molar-refractivity contribution in [2.24, 2.45) is 0 Å². The number of H-pyrrole nitrogens is 1. The minimum atomic E-state index is -0.338. The summed E-state index contributed by atoms with van der Waals surface area (Å²) in [4.78, 5) is 16.2. The van der Waals surface area contributed by atoms with E-state index in [1.165, 1.54) is 30.0 Å². The van der Waals surface area contributed by atoms with Crippen LogP contribution in [0.4, 0.5) is 4.39 Å². The number of hydrogen-bond acceptors (Lipinski definition) is 6. The number of nitrogens with one attached hydrogen (secondary N) is 2. The summed E-state index contributed by atoms with van der Waals surface area (Å²) in [5, 5.41) is 13.9. The summed E-state index contributed by atoms with van der Waals surface area (Å²) in [5.74, 6) is 1.11. The van der Waals surface area contributed by atoms with Gasteiger partial charge in [-0.15, -0.1) is 5.10 Å². The van der Waals surface area contributed by atoms with Crippen LogP contribution in [0.15, 0.2) is 40.0 Å². The van der Waals surface area contributed by atoms with Gasteiger partial charge in [-0.2, -0.15) is 0 Å². The number of hydrogen-bond donors (Lipinski definition) is 2. The number of aromatic amines is 1. The van der Waals surface area contributed by atoms with Crippen molar-refractivity contribution >= 4 is 17.7 Å². The Balaban J connectivity index is 1.51. The molecule has 0 saturated carbocycles. The van der Waals surface area contributed by atoms with Gasteiger partial charge >= 0.3 is 0 Å². The Kier molecular flexibility index (Phi) is 4.90. The highest BCUT2D eigenvalue weighted by atomic mass is 32.2. The highest BCUT2D eigenvalue weighted by Gasteiger charge is 2.13. The Bertz CT molecular complexity index is 831. The van der Waals surface area contributed by atoms with E-state index in [-0.39, 0.29) is 17.4 Å². The van der Waals surface area contributed by atoms with Crippen LogP contribution in [0, 0.1) is 12.7 Å². The lowest BCUT2D eigenvalue weighted by Gasteiger charge is -2.00. The van der Waals surface area contributed by atoms with Gasteiger partial charge in [-0.1, -0.05) is 16.9 Å². The number of carbonyl (C=O) groups excluding carboxylic acids is 1. The fourth-order valence-electron chi connectivity index (χ4n) is 1.92. The molecule has 0 atom stereocenters. The monoisotopic (exact) mass is 347 g/mol. The number of halogens is 1. The third-order valence-corrected chi connectivity index (χ3v) is 3.92. The Morgan fingerprint density at radius 2 is 2.17 bits per heavy atom. The van der Waals surface area contributed by atoms with Crippen molar-refractivity contribution in [3.05, 3.63) is 47.7 Å². The molecule has 0 radical (unpaired) electrons. The summed E-state index contributed by atoms with van der Waals surface area (Å²) in [6, 6.07) is 7.29. The lowest BCUT2D eigenvalue weighted by atomic mass is 10.1. The lowest BCUT2D eigenvalue weighted by molar-refractivity contribution is 0.0947. The fourth-order valence-corrected chi connectivity index (χ4v) is 2.61. The number of carbonyl (C=O) groups is 1. The van der Waals surface area contributed by atoms with Crippen LogP contribution in [-0.4, -0.2) is 38.5 Å². The molecule has 0 aliphatic carbocycles. The molecule has 3 rings (SSSR count). The predicted molar refractivity (Wildman–Crippen MR) is 86.1 cm³/mol. The molecule has 0 aliphatic rings. The van der Waals surface area contributed by atoms with E-state index in [2.05, 4.69) is 25.7 Å². The van der Waals surface area contributed by atoms with Gasteiger partial charge in [0.2, 0.25) is 5.16 Å². The molecule has 2 heterocycles. The first kappa shape index (κ1) is 16.2. The molecule has 9 heteroatoms. The summed E-state index contributed by atoms with van der Waals surface area (Å²) < 4.78 is 18.0. The van der Waals surface area contributed by atoms with Crippen molar-refractivity contribution in [2.75, 3.05) is 12.3 Å². The largest absolute Gasteiger partial charge is 0.355 e. The van der Waals surface area contributed by atoms with Gasteiger partial charge in [0.25, 0.3) is 5.91 Å². The van der Waals surface area contributed by atoms with Crippen LogP contribution in [0.5, 0.6) is 0 Å². The molecule has 2 aromatic heterocycles. The van der Waals surface area contributed by atoms with Gasteiger partial charge in [0, 0.05) is 23.9 Å².